The molecule has 0 bridgehead atoms. The second kappa shape index (κ2) is 7.56. The van der Waals surface area contributed by atoms with E-state index in [2.05, 4.69) is 4.98 Å². The Morgan fingerprint density at radius 2 is 1.75 bits per heavy atom. The lowest BCUT2D eigenvalue weighted by Gasteiger charge is -2.19. The highest BCUT2D eigenvalue weighted by atomic mass is 32.1. The van der Waals surface area contributed by atoms with E-state index in [1.165, 1.54) is 25.6 Å². The molecule has 1 fully saturated rings. The Hall–Kier alpha value is -2.39. The fraction of sp³-hybridized carbons (Fsp3) is 0.421. The SMILES string of the molecule is COc1cc2c(=O)[nH]c3c(C(=O)N4CCCCCC4)sc(=S)n3c2cc1OC. The van der Waals surface area contributed by atoms with Gasteiger partial charge in [-0.2, -0.15) is 0 Å². The zero-order valence-corrected chi connectivity index (χ0v) is 17.4. The first-order valence-electron chi connectivity index (χ1n) is 9.18. The number of likely N-dealkylation sites (tertiary alicyclic amines) is 1. The number of methoxy groups -OCH3 is 2. The van der Waals surface area contributed by atoms with Crippen molar-refractivity contribution in [3.05, 3.63) is 31.3 Å². The van der Waals surface area contributed by atoms with Gasteiger partial charge in [-0.15, -0.1) is 0 Å². The van der Waals surface area contributed by atoms with Crippen LogP contribution in [0.15, 0.2) is 16.9 Å². The Kier molecular flexibility index (Phi) is 5.11. The molecule has 0 spiro atoms. The second-order valence-electron chi connectivity index (χ2n) is 6.77. The van der Waals surface area contributed by atoms with Gasteiger partial charge in [-0.3, -0.25) is 14.0 Å². The molecule has 0 aliphatic carbocycles. The number of ether oxygens (including phenoxy) is 2. The van der Waals surface area contributed by atoms with E-state index < -0.39 is 0 Å². The number of hydrogen-bond donors (Lipinski definition) is 1. The summed E-state index contributed by atoms with van der Waals surface area (Å²) in [6.07, 6.45) is 4.27. The van der Waals surface area contributed by atoms with Gasteiger partial charge in [0, 0.05) is 19.2 Å². The molecule has 0 unspecified atom stereocenters. The van der Waals surface area contributed by atoms with E-state index in [4.69, 9.17) is 21.7 Å². The van der Waals surface area contributed by atoms with Crippen LogP contribution in [0.5, 0.6) is 11.5 Å². The van der Waals surface area contributed by atoms with E-state index in [1.54, 1.807) is 16.5 Å². The molecule has 1 amide bonds. The molecule has 1 aliphatic heterocycles. The van der Waals surface area contributed by atoms with Crippen LogP contribution in [0.1, 0.15) is 35.4 Å². The lowest BCUT2D eigenvalue weighted by atomic mass is 10.2. The molecule has 1 aliphatic rings. The third kappa shape index (κ3) is 3.08. The Bertz CT molecular complexity index is 1170. The average Bonchev–Trinajstić information content (AvgIpc) is 2.88. The molecule has 0 atom stereocenters. The standard InChI is InChI=1S/C19H21N3O4S2/c1-25-13-9-11-12(10-14(13)26-2)22-16(20-17(11)23)15(28-19(22)27)18(24)21-7-5-3-4-6-8-21/h9-10H,3-8H2,1-2H3,(H,20,23). The third-order valence-corrected chi connectivity index (χ3v) is 6.48. The highest BCUT2D eigenvalue weighted by Gasteiger charge is 2.24. The second-order valence-corrected chi connectivity index (χ2v) is 8.41. The van der Waals surface area contributed by atoms with E-state index in [0.29, 0.717) is 36.9 Å². The summed E-state index contributed by atoms with van der Waals surface area (Å²) in [6, 6.07) is 3.35. The minimum Gasteiger partial charge on any atom is -0.493 e. The van der Waals surface area contributed by atoms with Gasteiger partial charge in [-0.05, 0) is 31.1 Å². The van der Waals surface area contributed by atoms with Gasteiger partial charge >= 0.3 is 0 Å². The molecule has 1 saturated heterocycles. The number of nitrogens with one attached hydrogen (secondary N) is 1. The predicted molar refractivity (Wildman–Crippen MR) is 112 cm³/mol. The van der Waals surface area contributed by atoms with E-state index >= 15 is 0 Å². The maximum absolute atomic E-state index is 13.2. The topological polar surface area (TPSA) is 76.0 Å². The summed E-state index contributed by atoms with van der Waals surface area (Å²) >= 11 is 6.78. The normalized spacial score (nSPS) is 15.0. The Morgan fingerprint density at radius 1 is 1.11 bits per heavy atom. The predicted octanol–water partition coefficient (Wildman–Crippen LogP) is 3.61. The summed E-state index contributed by atoms with van der Waals surface area (Å²) in [5.41, 5.74) is 0.732. The summed E-state index contributed by atoms with van der Waals surface area (Å²) in [5, 5.41) is 0.424. The zero-order valence-electron chi connectivity index (χ0n) is 15.7. The molecule has 0 saturated carbocycles. The molecule has 3 heterocycles. The number of hydrogen-bond acceptors (Lipinski definition) is 6. The van der Waals surface area contributed by atoms with Crippen LogP contribution in [0.25, 0.3) is 16.6 Å². The number of H-pyrrole nitrogens is 1. The summed E-state index contributed by atoms with van der Waals surface area (Å²) in [7, 11) is 3.06. The molecule has 1 aromatic carbocycles. The molecule has 28 heavy (non-hydrogen) atoms. The first-order chi connectivity index (χ1) is 13.5. The number of thiazole rings is 1. The number of amides is 1. The highest BCUT2D eigenvalue weighted by Crippen LogP contribution is 2.32. The number of carbonyl (C=O) groups excluding carboxylic acids is 1. The van der Waals surface area contributed by atoms with Crippen LogP contribution in [-0.4, -0.2) is 47.5 Å². The van der Waals surface area contributed by atoms with Crippen molar-refractivity contribution in [3.63, 3.8) is 0 Å². The number of carbonyl (C=O) groups is 1. The number of nitrogens with zero attached hydrogens (tertiary/aromatic N) is 2. The molecular formula is C19H21N3O4S2. The quantitative estimate of drug-likeness (QED) is 0.657. The van der Waals surface area contributed by atoms with Crippen molar-refractivity contribution < 1.29 is 14.3 Å². The van der Waals surface area contributed by atoms with Gasteiger partial charge in [0.2, 0.25) is 0 Å². The van der Waals surface area contributed by atoms with Gasteiger partial charge in [0.05, 0.1) is 25.1 Å². The van der Waals surface area contributed by atoms with E-state index in [-0.39, 0.29) is 11.5 Å². The average molecular weight is 420 g/mol. The van der Waals surface area contributed by atoms with Gasteiger partial charge in [-0.25, -0.2) is 0 Å². The van der Waals surface area contributed by atoms with E-state index in [1.807, 2.05) is 4.90 Å². The third-order valence-electron chi connectivity index (χ3n) is 5.12. The maximum Gasteiger partial charge on any atom is 0.267 e. The van der Waals surface area contributed by atoms with Crippen molar-refractivity contribution in [1.82, 2.24) is 14.3 Å². The number of benzene rings is 1. The van der Waals surface area contributed by atoms with Crippen molar-refractivity contribution >= 4 is 46.0 Å². The smallest absolute Gasteiger partial charge is 0.267 e. The molecule has 2 aromatic heterocycles. The molecule has 3 aromatic rings. The summed E-state index contributed by atoms with van der Waals surface area (Å²) in [5.74, 6) is 0.883. The molecular weight excluding hydrogens is 398 g/mol. The Balaban J connectivity index is 1.95. The first kappa shape index (κ1) is 18.9. The number of aromatic nitrogens is 2. The van der Waals surface area contributed by atoms with Crippen LogP contribution in [0.2, 0.25) is 0 Å². The van der Waals surface area contributed by atoms with Crippen molar-refractivity contribution in [2.24, 2.45) is 0 Å². The summed E-state index contributed by atoms with van der Waals surface area (Å²) < 4.78 is 12.9. The minimum absolute atomic E-state index is 0.0732. The monoisotopic (exact) mass is 419 g/mol. The van der Waals surface area contributed by atoms with Crippen molar-refractivity contribution in [2.45, 2.75) is 25.7 Å². The molecule has 1 N–H and O–H groups in total. The van der Waals surface area contributed by atoms with Crippen LogP contribution >= 0.6 is 23.6 Å². The number of aromatic amines is 1. The minimum atomic E-state index is -0.298. The highest BCUT2D eigenvalue weighted by molar-refractivity contribution is 7.73. The number of rotatable bonds is 3. The van der Waals surface area contributed by atoms with Gasteiger partial charge in [-0.1, -0.05) is 24.2 Å². The van der Waals surface area contributed by atoms with Gasteiger partial charge in [0.1, 0.15) is 10.5 Å². The molecule has 0 radical (unpaired) electrons. The first-order valence-corrected chi connectivity index (χ1v) is 10.4. The van der Waals surface area contributed by atoms with Crippen LogP contribution in [0.4, 0.5) is 0 Å². The zero-order chi connectivity index (χ0) is 19.8. The summed E-state index contributed by atoms with van der Waals surface area (Å²) in [6.45, 7) is 1.47. The lowest BCUT2D eigenvalue weighted by molar-refractivity contribution is 0.0768. The van der Waals surface area contributed by atoms with Gasteiger partial charge in [0.25, 0.3) is 11.5 Å². The lowest BCUT2D eigenvalue weighted by Crippen LogP contribution is -2.31. The van der Waals surface area contributed by atoms with Crippen molar-refractivity contribution in [1.29, 1.82) is 0 Å². The van der Waals surface area contributed by atoms with Crippen LogP contribution < -0.4 is 15.0 Å². The van der Waals surface area contributed by atoms with Crippen LogP contribution in [0.3, 0.4) is 0 Å². The maximum atomic E-state index is 13.2. The fourth-order valence-corrected chi connectivity index (χ4v) is 5.03. The van der Waals surface area contributed by atoms with Gasteiger partial charge < -0.3 is 19.4 Å². The van der Waals surface area contributed by atoms with Crippen molar-refractivity contribution in [3.8, 4) is 11.5 Å². The van der Waals surface area contributed by atoms with E-state index in [9.17, 15) is 9.59 Å². The summed E-state index contributed by atoms with van der Waals surface area (Å²) in [4.78, 5) is 31.1. The Labute approximate surface area is 170 Å². The molecule has 148 valence electrons. The van der Waals surface area contributed by atoms with Crippen LogP contribution in [0, 0.1) is 3.95 Å². The molecule has 9 heteroatoms. The fourth-order valence-electron chi connectivity index (χ4n) is 3.68. The number of fused-ring (bicyclic) bond motifs is 3. The largest absolute Gasteiger partial charge is 0.493 e. The van der Waals surface area contributed by atoms with Gasteiger partial charge in [0.15, 0.2) is 15.5 Å². The Morgan fingerprint density at radius 3 is 2.39 bits per heavy atom. The van der Waals surface area contributed by atoms with Crippen molar-refractivity contribution in [2.75, 3.05) is 27.3 Å². The van der Waals surface area contributed by atoms with E-state index in [0.717, 1.165) is 38.8 Å². The molecule has 4 rings (SSSR count). The molecule has 7 nitrogen and oxygen atoms in total. The van der Waals surface area contributed by atoms with Crippen LogP contribution in [-0.2, 0) is 0 Å².